The van der Waals surface area contributed by atoms with Gasteiger partial charge in [0.15, 0.2) is 0 Å². The average Bonchev–Trinajstić information content (AvgIpc) is 2.51. The molecule has 1 fully saturated rings. The molecule has 5 heteroatoms. The Hall–Kier alpha value is -1.88. The Morgan fingerprint density at radius 1 is 1.45 bits per heavy atom. The minimum absolute atomic E-state index is 0.0625. The molecule has 0 aromatic heterocycles. The van der Waals surface area contributed by atoms with Crippen molar-refractivity contribution in [2.75, 3.05) is 26.7 Å². The summed E-state index contributed by atoms with van der Waals surface area (Å²) in [6, 6.07) is 7.02. The summed E-state index contributed by atoms with van der Waals surface area (Å²) in [5.74, 6) is -0.149. The molecule has 1 N–H and O–H groups in total. The number of piperidine rings is 1. The lowest BCUT2D eigenvalue weighted by molar-refractivity contribution is 0.175. The number of urea groups is 1. The third kappa shape index (κ3) is 4.56. The van der Waals surface area contributed by atoms with Gasteiger partial charge in [0.1, 0.15) is 5.82 Å². The van der Waals surface area contributed by atoms with Crippen LogP contribution in [0.2, 0.25) is 0 Å². The van der Waals surface area contributed by atoms with Crippen molar-refractivity contribution in [3.8, 4) is 0 Å². The van der Waals surface area contributed by atoms with Crippen molar-refractivity contribution in [1.82, 2.24) is 15.1 Å². The predicted octanol–water partition coefficient (Wildman–Crippen LogP) is 2.62. The summed E-state index contributed by atoms with van der Waals surface area (Å²) in [7, 11) is 1.75. The summed E-state index contributed by atoms with van der Waals surface area (Å²) in [6.45, 7) is 6.53. The summed E-state index contributed by atoms with van der Waals surface area (Å²) in [5.41, 5.74) is 0.732. The van der Waals surface area contributed by atoms with Gasteiger partial charge in [-0.2, -0.15) is 0 Å². The van der Waals surface area contributed by atoms with Crippen molar-refractivity contribution >= 4 is 6.03 Å². The maximum Gasteiger partial charge on any atom is 0.317 e. The Labute approximate surface area is 131 Å². The fourth-order valence-electron chi connectivity index (χ4n) is 2.66. The van der Waals surface area contributed by atoms with Crippen LogP contribution in [0, 0.1) is 5.82 Å². The van der Waals surface area contributed by atoms with Gasteiger partial charge >= 0.3 is 6.03 Å². The molecule has 1 aliphatic rings. The topological polar surface area (TPSA) is 35.6 Å². The molecule has 0 unspecified atom stereocenters. The Morgan fingerprint density at radius 3 is 2.77 bits per heavy atom. The highest BCUT2D eigenvalue weighted by molar-refractivity contribution is 5.74. The quantitative estimate of drug-likeness (QED) is 0.849. The lowest BCUT2D eigenvalue weighted by Gasteiger charge is -2.33. The van der Waals surface area contributed by atoms with Gasteiger partial charge in [-0.15, -0.1) is 6.58 Å². The SMILES string of the molecule is C=CCN(C)C(=O)NC1CCN(Cc2ccccc2F)CC1. The first kappa shape index (κ1) is 16.5. The van der Waals surface area contributed by atoms with Crippen molar-refractivity contribution in [1.29, 1.82) is 0 Å². The molecule has 0 saturated carbocycles. The van der Waals surface area contributed by atoms with E-state index >= 15 is 0 Å². The van der Waals surface area contributed by atoms with Gasteiger partial charge in [0.2, 0.25) is 0 Å². The average molecular weight is 305 g/mol. The van der Waals surface area contributed by atoms with Crippen LogP contribution in [0.5, 0.6) is 0 Å². The zero-order valence-electron chi connectivity index (χ0n) is 13.1. The molecule has 1 aromatic carbocycles. The van der Waals surface area contributed by atoms with E-state index < -0.39 is 0 Å². The lowest BCUT2D eigenvalue weighted by Crippen LogP contribution is -2.48. The van der Waals surface area contributed by atoms with E-state index in [4.69, 9.17) is 0 Å². The van der Waals surface area contributed by atoms with Crippen molar-refractivity contribution in [2.45, 2.75) is 25.4 Å². The molecule has 0 atom stereocenters. The molecule has 22 heavy (non-hydrogen) atoms. The molecule has 0 bridgehead atoms. The number of amides is 2. The Bertz CT molecular complexity index is 512. The monoisotopic (exact) mass is 305 g/mol. The molecule has 0 spiro atoms. The van der Waals surface area contributed by atoms with Crippen LogP contribution >= 0.6 is 0 Å². The number of carbonyl (C=O) groups is 1. The van der Waals surface area contributed by atoms with E-state index in [1.165, 1.54) is 6.07 Å². The van der Waals surface area contributed by atoms with E-state index in [0.29, 0.717) is 13.1 Å². The summed E-state index contributed by atoms with van der Waals surface area (Å²) >= 11 is 0. The molecular weight excluding hydrogens is 281 g/mol. The minimum atomic E-state index is -0.149. The van der Waals surface area contributed by atoms with Crippen LogP contribution in [0.3, 0.4) is 0 Å². The lowest BCUT2D eigenvalue weighted by atomic mass is 10.0. The number of carbonyl (C=O) groups excluding carboxylic acids is 1. The number of nitrogens with one attached hydrogen (secondary N) is 1. The number of likely N-dealkylation sites (tertiary alicyclic amines) is 1. The summed E-state index contributed by atoms with van der Waals surface area (Å²) < 4.78 is 13.7. The summed E-state index contributed by atoms with van der Waals surface area (Å²) in [4.78, 5) is 15.8. The zero-order chi connectivity index (χ0) is 15.9. The number of hydrogen-bond acceptors (Lipinski definition) is 2. The second-order valence-electron chi connectivity index (χ2n) is 5.76. The first-order chi connectivity index (χ1) is 10.6. The Kier molecular flexibility index (Phi) is 5.95. The van der Waals surface area contributed by atoms with Gasteiger partial charge in [-0.05, 0) is 18.9 Å². The molecule has 0 aliphatic carbocycles. The number of rotatable bonds is 5. The van der Waals surface area contributed by atoms with Gasteiger partial charge in [0, 0.05) is 44.8 Å². The van der Waals surface area contributed by atoms with Crippen LogP contribution in [-0.4, -0.2) is 48.6 Å². The Morgan fingerprint density at radius 2 is 2.14 bits per heavy atom. The van der Waals surface area contributed by atoms with Crippen molar-refractivity contribution in [3.63, 3.8) is 0 Å². The maximum atomic E-state index is 13.7. The van der Waals surface area contributed by atoms with Crippen LogP contribution in [-0.2, 0) is 6.54 Å². The molecule has 4 nitrogen and oxygen atoms in total. The maximum absolute atomic E-state index is 13.7. The fraction of sp³-hybridized carbons (Fsp3) is 0.471. The highest BCUT2D eigenvalue weighted by Crippen LogP contribution is 2.16. The summed E-state index contributed by atoms with van der Waals surface area (Å²) in [5, 5.41) is 3.04. The molecule has 1 aromatic rings. The van der Waals surface area contributed by atoms with Gasteiger partial charge in [-0.25, -0.2) is 9.18 Å². The van der Waals surface area contributed by atoms with E-state index in [-0.39, 0.29) is 17.9 Å². The third-order valence-corrected chi connectivity index (χ3v) is 4.02. The Balaban J connectivity index is 1.77. The van der Waals surface area contributed by atoms with E-state index in [0.717, 1.165) is 31.5 Å². The van der Waals surface area contributed by atoms with Crippen LogP contribution in [0.25, 0.3) is 0 Å². The number of likely N-dealkylation sites (N-methyl/N-ethyl adjacent to an activating group) is 1. The first-order valence-electron chi connectivity index (χ1n) is 7.68. The summed E-state index contributed by atoms with van der Waals surface area (Å²) in [6.07, 6.45) is 3.49. The number of benzene rings is 1. The van der Waals surface area contributed by atoms with E-state index in [1.807, 2.05) is 12.1 Å². The molecule has 2 rings (SSSR count). The molecule has 2 amide bonds. The molecule has 1 heterocycles. The van der Waals surface area contributed by atoms with E-state index in [2.05, 4.69) is 16.8 Å². The zero-order valence-corrected chi connectivity index (χ0v) is 13.1. The molecule has 1 aliphatic heterocycles. The molecule has 120 valence electrons. The second-order valence-corrected chi connectivity index (χ2v) is 5.76. The molecule has 0 radical (unpaired) electrons. The number of halogens is 1. The highest BCUT2D eigenvalue weighted by atomic mass is 19.1. The normalized spacial score (nSPS) is 16.3. The van der Waals surface area contributed by atoms with Gasteiger partial charge in [-0.3, -0.25) is 4.90 Å². The minimum Gasteiger partial charge on any atom is -0.335 e. The second kappa shape index (κ2) is 7.94. The molecular formula is C17H24FN3O. The van der Waals surface area contributed by atoms with Crippen molar-refractivity contribution in [2.24, 2.45) is 0 Å². The smallest absolute Gasteiger partial charge is 0.317 e. The predicted molar refractivity (Wildman–Crippen MR) is 86.1 cm³/mol. The van der Waals surface area contributed by atoms with Crippen molar-refractivity contribution in [3.05, 3.63) is 48.3 Å². The van der Waals surface area contributed by atoms with E-state index in [9.17, 15) is 9.18 Å². The van der Waals surface area contributed by atoms with Gasteiger partial charge < -0.3 is 10.2 Å². The number of hydrogen-bond donors (Lipinski definition) is 1. The van der Waals surface area contributed by atoms with Crippen LogP contribution in [0.1, 0.15) is 18.4 Å². The van der Waals surface area contributed by atoms with Gasteiger partial charge in [0.05, 0.1) is 0 Å². The fourth-order valence-corrected chi connectivity index (χ4v) is 2.66. The van der Waals surface area contributed by atoms with Gasteiger partial charge in [0.25, 0.3) is 0 Å². The van der Waals surface area contributed by atoms with E-state index in [1.54, 1.807) is 24.1 Å². The van der Waals surface area contributed by atoms with Crippen LogP contribution < -0.4 is 5.32 Å². The standard InChI is InChI=1S/C17H24FN3O/c1-3-10-20(2)17(22)19-15-8-11-21(12-9-15)13-14-6-4-5-7-16(14)18/h3-7,15H,1,8-13H2,2H3,(H,19,22). The van der Waals surface area contributed by atoms with Crippen molar-refractivity contribution < 1.29 is 9.18 Å². The largest absolute Gasteiger partial charge is 0.335 e. The van der Waals surface area contributed by atoms with Crippen LogP contribution in [0.15, 0.2) is 36.9 Å². The third-order valence-electron chi connectivity index (χ3n) is 4.02. The number of nitrogens with zero attached hydrogens (tertiary/aromatic N) is 2. The highest BCUT2D eigenvalue weighted by Gasteiger charge is 2.22. The first-order valence-corrected chi connectivity index (χ1v) is 7.68. The van der Waals surface area contributed by atoms with Crippen LogP contribution in [0.4, 0.5) is 9.18 Å². The van der Waals surface area contributed by atoms with Gasteiger partial charge in [-0.1, -0.05) is 24.3 Å². The molecule has 1 saturated heterocycles.